The topological polar surface area (TPSA) is 81.5 Å². The highest BCUT2D eigenvalue weighted by atomic mass is 35.5. The Morgan fingerprint density at radius 1 is 1.32 bits per heavy atom. The summed E-state index contributed by atoms with van der Waals surface area (Å²) in [5, 5.41) is 13.1. The van der Waals surface area contributed by atoms with E-state index in [1.54, 1.807) is 0 Å². The monoisotopic (exact) mass is 324 g/mol. The first-order valence-electron chi connectivity index (χ1n) is 6.08. The van der Waals surface area contributed by atoms with Gasteiger partial charge in [0.25, 0.3) is 11.6 Å². The maximum absolute atomic E-state index is 12.9. The van der Waals surface area contributed by atoms with Gasteiger partial charge >= 0.3 is 0 Å². The average molecular weight is 325 g/mol. The van der Waals surface area contributed by atoms with Crippen molar-refractivity contribution in [2.45, 2.75) is 0 Å². The molecule has 6 nitrogen and oxygen atoms in total. The molecule has 0 unspecified atom stereocenters. The summed E-state index contributed by atoms with van der Waals surface area (Å²) < 4.78 is 18.0. The quantitative estimate of drug-likeness (QED) is 0.675. The number of carbonyl (C=O) groups excluding carboxylic acids is 1. The van der Waals surface area contributed by atoms with Crippen LogP contribution in [0.4, 0.5) is 15.8 Å². The van der Waals surface area contributed by atoms with Crippen LogP contribution in [0.3, 0.4) is 0 Å². The van der Waals surface area contributed by atoms with Crippen LogP contribution < -0.4 is 10.1 Å². The van der Waals surface area contributed by atoms with Crippen molar-refractivity contribution in [3.05, 3.63) is 63.4 Å². The molecule has 0 bridgehead atoms. The van der Waals surface area contributed by atoms with E-state index in [1.807, 2.05) is 0 Å². The number of rotatable bonds is 5. The zero-order valence-corrected chi connectivity index (χ0v) is 11.8. The molecule has 8 heteroatoms. The first-order chi connectivity index (χ1) is 10.5. The normalized spacial score (nSPS) is 10.1. The summed E-state index contributed by atoms with van der Waals surface area (Å²) >= 11 is 5.78. The van der Waals surface area contributed by atoms with Crippen molar-refractivity contribution in [2.75, 3.05) is 11.9 Å². The number of nitro benzene ring substituents is 1. The lowest BCUT2D eigenvalue weighted by atomic mass is 10.3. The van der Waals surface area contributed by atoms with Gasteiger partial charge in [0.05, 0.1) is 21.7 Å². The molecule has 2 rings (SSSR count). The van der Waals surface area contributed by atoms with Crippen LogP contribution in [-0.4, -0.2) is 17.4 Å². The van der Waals surface area contributed by atoms with E-state index in [0.717, 1.165) is 12.1 Å². The second-order valence-corrected chi connectivity index (χ2v) is 4.62. The Balaban J connectivity index is 1.95. The van der Waals surface area contributed by atoms with Gasteiger partial charge in [0.15, 0.2) is 6.61 Å². The predicted molar refractivity (Wildman–Crippen MR) is 78.6 cm³/mol. The molecule has 1 amide bonds. The number of hydrogen-bond acceptors (Lipinski definition) is 4. The Hall–Kier alpha value is -2.67. The first-order valence-corrected chi connectivity index (χ1v) is 6.45. The third kappa shape index (κ3) is 4.16. The fraction of sp³-hybridized carbons (Fsp3) is 0.0714. The molecule has 0 spiro atoms. The standard InChI is InChI=1S/C14H10ClFN2O4/c15-12-6-9(16)4-5-13(12)17-14(19)8-22-11-3-1-2-10(7-11)18(20)21/h1-7H,8H2,(H,17,19). The van der Waals surface area contributed by atoms with Crippen molar-refractivity contribution in [3.63, 3.8) is 0 Å². The van der Waals surface area contributed by atoms with Gasteiger partial charge in [-0.15, -0.1) is 0 Å². The molecule has 22 heavy (non-hydrogen) atoms. The predicted octanol–water partition coefficient (Wildman–Crippen LogP) is 3.40. The van der Waals surface area contributed by atoms with Crippen LogP contribution in [0.25, 0.3) is 0 Å². The molecule has 0 heterocycles. The molecular formula is C14H10ClFN2O4. The van der Waals surface area contributed by atoms with E-state index in [0.29, 0.717) is 0 Å². The number of halogens is 2. The van der Waals surface area contributed by atoms with Crippen molar-refractivity contribution < 1.29 is 18.8 Å². The Kier molecular flexibility index (Phi) is 4.90. The molecule has 0 fully saturated rings. The summed E-state index contributed by atoms with van der Waals surface area (Å²) in [5.41, 5.74) is 0.107. The number of nitro groups is 1. The van der Waals surface area contributed by atoms with Gasteiger partial charge in [-0.3, -0.25) is 14.9 Å². The number of ether oxygens (including phenoxy) is 1. The third-order valence-electron chi connectivity index (χ3n) is 2.60. The maximum Gasteiger partial charge on any atom is 0.273 e. The minimum atomic E-state index is -0.564. The average Bonchev–Trinajstić information content (AvgIpc) is 2.48. The van der Waals surface area contributed by atoms with Gasteiger partial charge in [-0.2, -0.15) is 0 Å². The molecule has 0 aliphatic rings. The number of benzene rings is 2. The molecular weight excluding hydrogens is 315 g/mol. The molecule has 0 saturated carbocycles. The summed E-state index contributed by atoms with van der Waals surface area (Å²) in [4.78, 5) is 21.8. The van der Waals surface area contributed by atoms with Gasteiger partial charge < -0.3 is 10.1 Å². The van der Waals surface area contributed by atoms with Gasteiger partial charge in [-0.1, -0.05) is 17.7 Å². The molecule has 0 saturated heterocycles. The van der Waals surface area contributed by atoms with Crippen LogP contribution in [0, 0.1) is 15.9 Å². The summed E-state index contributed by atoms with van der Waals surface area (Å²) in [6.07, 6.45) is 0. The van der Waals surface area contributed by atoms with Gasteiger partial charge in [0.1, 0.15) is 11.6 Å². The van der Waals surface area contributed by atoms with Crippen molar-refractivity contribution >= 4 is 28.9 Å². The van der Waals surface area contributed by atoms with E-state index in [-0.39, 0.29) is 28.8 Å². The summed E-state index contributed by atoms with van der Waals surface area (Å²) in [7, 11) is 0. The molecule has 0 atom stereocenters. The van der Waals surface area contributed by atoms with E-state index in [4.69, 9.17) is 16.3 Å². The van der Waals surface area contributed by atoms with Crippen LogP contribution in [0.15, 0.2) is 42.5 Å². The number of amides is 1. The van der Waals surface area contributed by atoms with E-state index < -0.39 is 16.6 Å². The second-order valence-electron chi connectivity index (χ2n) is 4.22. The second kappa shape index (κ2) is 6.86. The number of hydrogen-bond donors (Lipinski definition) is 1. The van der Waals surface area contributed by atoms with Crippen LogP contribution in [0.5, 0.6) is 5.75 Å². The summed E-state index contributed by atoms with van der Waals surface area (Å²) in [6.45, 7) is -0.366. The fourth-order valence-electron chi connectivity index (χ4n) is 1.61. The van der Waals surface area contributed by atoms with Crippen LogP contribution >= 0.6 is 11.6 Å². The van der Waals surface area contributed by atoms with E-state index in [2.05, 4.69) is 5.32 Å². The number of non-ortho nitro benzene ring substituents is 1. The number of anilines is 1. The molecule has 0 aliphatic heterocycles. The highest BCUT2D eigenvalue weighted by molar-refractivity contribution is 6.33. The Morgan fingerprint density at radius 3 is 2.77 bits per heavy atom. The lowest BCUT2D eigenvalue weighted by Gasteiger charge is -2.08. The number of nitrogens with one attached hydrogen (secondary N) is 1. The van der Waals surface area contributed by atoms with Crippen molar-refractivity contribution in [2.24, 2.45) is 0 Å². The van der Waals surface area contributed by atoms with Crippen molar-refractivity contribution in [3.8, 4) is 5.75 Å². The summed E-state index contributed by atoms with van der Waals surface area (Å²) in [5.74, 6) is -0.856. The zero-order valence-electron chi connectivity index (χ0n) is 11.1. The van der Waals surface area contributed by atoms with E-state index >= 15 is 0 Å². The minimum absolute atomic E-state index is 0.0590. The minimum Gasteiger partial charge on any atom is -0.484 e. The van der Waals surface area contributed by atoms with E-state index in [9.17, 15) is 19.3 Å². The Morgan fingerprint density at radius 2 is 2.09 bits per heavy atom. The third-order valence-corrected chi connectivity index (χ3v) is 2.92. The SMILES string of the molecule is O=C(COc1cccc([N+](=O)[O-])c1)Nc1ccc(F)cc1Cl. The van der Waals surface area contributed by atoms with E-state index in [1.165, 1.54) is 30.3 Å². The lowest BCUT2D eigenvalue weighted by Crippen LogP contribution is -2.20. The van der Waals surface area contributed by atoms with Gasteiger partial charge in [-0.25, -0.2) is 4.39 Å². The van der Waals surface area contributed by atoms with Gasteiger partial charge in [0.2, 0.25) is 0 Å². The van der Waals surface area contributed by atoms with Crippen LogP contribution in [0.1, 0.15) is 0 Å². The van der Waals surface area contributed by atoms with Gasteiger partial charge in [-0.05, 0) is 24.3 Å². The highest BCUT2D eigenvalue weighted by Crippen LogP contribution is 2.22. The molecule has 2 aromatic carbocycles. The highest BCUT2D eigenvalue weighted by Gasteiger charge is 2.10. The van der Waals surface area contributed by atoms with Crippen molar-refractivity contribution in [1.82, 2.24) is 0 Å². The molecule has 1 N–H and O–H groups in total. The van der Waals surface area contributed by atoms with Crippen LogP contribution in [0.2, 0.25) is 5.02 Å². The molecule has 0 aliphatic carbocycles. The fourth-order valence-corrected chi connectivity index (χ4v) is 1.83. The summed E-state index contributed by atoms with van der Waals surface area (Å²) in [6, 6.07) is 9.00. The lowest BCUT2D eigenvalue weighted by molar-refractivity contribution is -0.384. The first kappa shape index (κ1) is 15.7. The molecule has 2 aromatic rings. The Labute approximate surface area is 129 Å². The smallest absolute Gasteiger partial charge is 0.273 e. The largest absolute Gasteiger partial charge is 0.484 e. The zero-order chi connectivity index (χ0) is 16.1. The maximum atomic E-state index is 12.9. The molecule has 0 radical (unpaired) electrons. The van der Waals surface area contributed by atoms with Crippen LogP contribution in [-0.2, 0) is 4.79 Å². The number of carbonyl (C=O) groups is 1. The van der Waals surface area contributed by atoms with Gasteiger partial charge in [0, 0.05) is 6.07 Å². The molecule has 114 valence electrons. The Bertz CT molecular complexity index is 724. The molecule has 0 aromatic heterocycles. The number of nitrogens with zero attached hydrogens (tertiary/aromatic N) is 1. The van der Waals surface area contributed by atoms with Crippen molar-refractivity contribution in [1.29, 1.82) is 0 Å².